The number of esters is 1. The Morgan fingerprint density at radius 3 is 2.62 bits per heavy atom. The van der Waals surface area contributed by atoms with Gasteiger partial charge in [-0.1, -0.05) is 12.1 Å². The lowest BCUT2D eigenvalue weighted by molar-refractivity contribution is -0.131. The van der Waals surface area contributed by atoms with Gasteiger partial charge in [0.2, 0.25) is 0 Å². The third kappa shape index (κ3) is 5.39. The monoisotopic (exact) mass is 310 g/mol. The smallest absolute Gasteiger partial charge is 0.338 e. The highest BCUT2D eigenvalue weighted by molar-refractivity contribution is 6.27. The van der Waals surface area contributed by atoms with E-state index in [1.54, 1.807) is 19.1 Å². The number of carbonyl (C=O) groups is 3. The molecule has 0 aliphatic rings. The number of halogens is 1. The van der Waals surface area contributed by atoms with E-state index in [0.29, 0.717) is 11.1 Å². The first-order valence-corrected chi connectivity index (χ1v) is 6.80. The maximum absolute atomic E-state index is 11.9. The van der Waals surface area contributed by atoms with E-state index in [9.17, 15) is 14.4 Å². The first-order chi connectivity index (χ1) is 9.97. The van der Waals surface area contributed by atoms with Crippen LogP contribution in [-0.4, -0.2) is 35.3 Å². The van der Waals surface area contributed by atoms with Crippen LogP contribution in [0.3, 0.4) is 0 Å². The molecule has 1 rings (SSSR count). The molecule has 21 heavy (non-hydrogen) atoms. The fraction of sp³-hybridized carbons (Fsp3) is 0.267. The van der Waals surface area contributed by atoms with Crippen LogP contribution in [0.15, 0.2) is 24.3 Å². The first kappa shape index (κ1) is 16.9. The number of alkyl halides is 1. The van der Waals surface area contributed by atoms with Crippen LogP contribution < -0.4 is 0 Å². The van der Waals surface area contributed by atoms with E-state index < -0.39 is 11.9 Å². The first-order valence-electron chi connectivity index (χ1n) is 6.26. The Balaban J connectivity index is 3.16. The second-order valence-corrected chi connectivity index (χ2v) is 4.43. The van der Waals surface area contributed by atoms with Gasteiger partial charge in [-0.2, -0.15) is 0 Å². The van der Waals surface area contributed by atoms with Crippen LogP contribution in [0, 0.1) is 0 Å². The number of hydrogen-bond donors (Lipinski definition) is 1. The summed E-state index contributed by atoms with van der Waals surface area (Å²) in [6.45, 7) is 1.87. The molecule has 0 spiro atoms. The number of rotatable bonds is 7. The zero-order chi connectivity index (χ0) is 15.8. The number of hydrogen-bond acceptors (Lipinski definition) is 4. The SMILES string of the molecule is CCOC(=O)c1cc(CC(=O)CCl)ccc1/C=C/C(=O)O. The number of benzene rings is 1. The van der Waals surface area contributed by atoms with E-state index in [1.165, 1.54) is 12.1 Å². The number of Topliss-reactive ketones (excluding diaryl/α,β-unsaturated/α-hetero) is 1. The second-order valence-electron chi connectivity index (χ2n) is 4.16. The van der Waals surface area contributed by atoms with Crippen molar-refractivity contribution in [2.24, 2.45) is 0 Å². The molecule has 0 radical (unpaired) electrons. The van der Waals surface area contributed by atoms with Crippen LogP contribution in [-0.2, 0) is 20.7 Å². The molecular weight excluding hydrogens is 296 g/mol. The summed E-state index contributed by atoms with van der Waals surface area (Å²) in [6, 6.07) is 4.74. The lowest BCUT2D eigenvalue weighted by Gasteiger charge is -2.08. The van der Waals surface area contributed by atoms with Gasteiger partial charge < -0.3 is 9.84 Å². The highest BCUT2D eigenvalue weighted by atomic mass is 35.5. The van der Waals surface area contributed by atoms with Crippen LogP contribution in [0.25, 0.3) is 6.08 Å². The van der Waals surface area contributed by atoms with E-state index >= 15 is 0 Å². The lowest BCUT2D eigenvalue weighted by atomic mass is 10.0. The average Bonchev–Trinajstić information content (AvgIpc) is 2.45. The molecule has 0 aliphatic carbocycles. The number of carbonyl (C=O) groups excluding carboxylic acids is 2. The van der Waals surface area contributed by atoms with Crippen LogP contribution in [0.1, 0.15) is 28.4 Å². The van der Waals surface area contributed by atoms with Gasteiger partial charge >= 0.3 is 11.9 Å². The number of carboxylic acids is 1. The molecule has 0 aliphatic heterocycles. The van der Waals surface area contributed by atoms with E-state index in [4.69, 9.17) is 21.4 Å². The molecule has 0 bridgehead atoms. The molecule has 0 saturated carbocycles. The van der Waals surface area contributed by atoms with Crippen molar-refractivity contribution in [3.63, 3.8) is 0 Å². The molecular formula is C15H15ClO5. The zero-order valence-corrected chi connectivity index (χ0v) is 12.2. The molecule has 0 atom stereocenters. The van der Waals surface area contributed by atoms with Crippen molar-refractivity contribution >= 4 is 35.4 Å². The molecule has 1 aromatic rings. The van der Waals surface area contributed by atoms with Gasteiger partial charge in [-0.25, -0.2) is 9.59 Å². The van der Waals surface area contributed by atoms with Crippen LogP contribution in [0.4, 0.5) is 0 Å². The highest BCUT2D eigenvalue weighted by Gasteiger charge is 2.13. The molecule has 0 fully saturated rings. The van der Waals surface area contributed by atoms with Gasteiger partial charge in [0.25, 0.3) is 0 Å². The molecule has 112 valence electrons. The number of ether oxygens (including phenoxy) is 1. The minimum atomic E-state index is -1.12. The Morgan fingerprint density at radius 1 is 1.33 bits per heavy atom. The Hall–Kier alpha value is -2.14. The number of aliphatic carboxylic acids is 1. The third-order valence-corrected chi connectivity index (χ3v) is 2.87. The minimum absolute atomic E-state index is 0.102. The fourth-order valence-corrected chi connectivity index (χ4v) is 1.77. The summed E-state index contributed by atoms with van der Waals surface area (Å²) >= 11 is 5.45. The van der Waals surface area contributed by atoms with Gasteiger partial charge in [-0.05, 0) is 30.2 Å². The standard InChI is InChI=1S/C15H15ClO5/c1-2-21-15(20)13-8-10(7-12(17)9-16)3-4-11(13)5-6-14(18)19/h3-6,8H,2,7,9H2,1H3,(H,18,19)/b6-5+. The van der Waals surface area contributed by atoms with Gasteiger partial charge in [0.05, 0.1) is 18.1 Å². The number of carboxylic acid groups (broad SMARTS) is 1. The van der Waals surface area contributed by atoms with E-state index in [2.05, 4.69) is 0 Å². The van der Waals surface area contributed by atoms with Gasteiger partial charge in [-0.15, -0.1) is 11.6 Å². The topological polar surface area (TPSA) is 80.7 Å². The van der Waals surface area contributed by atoms with Crippen LogP contribution in [0.5, 0.6) is 0 Å². The fourth-order valence-electron chi connectivity index (χ4n) is 1.68. The van der Waals surface area contributed by atoms with Crippen molar-refractivity contribution < 1.29 is 24.2 Å². The molecule has 0 heterocycles. The second kappa shape index (κ2) is 8.21. The van der Waals surface area contributed by atoms with E-state index in [-0.39, 0.29) is 30.3 Å². The summed E-state index contributed by atoms with van der Waals surface area (Å²) in [5.41, 5.74) is 1.25. The summed E-state index contributed by atoms with van der Waals surface area (Å²) in [6.07, 6.45) is 2.35. The molecule has 0 unspecified atom stereocenters. The van der Waals surface area contributed by atoms with Gasteiger partial charge in [-0.3, -0.25) is 4.79 Å². The minimum Gasteiger partial charge on any atom is -0.478 e. The van der Waals surface area contributed by atoms with Crippen molar-refractivity contribution in [2.75, 3.05) is 12.5 Å². The van der Waals surface area contributed by atoms with Crippen LogP contribution in [0.2, 0.25) is 0 Å². The Morgan fingerprint density at radius 2 is 2.05 bits per heavy atom. The van der Waals surface area contributed by atoms with Gasteiger partial charge in [0, 0.05) is 12.5 Å². The summed E-state index contributed by atoms with van der Waals surface area (Å²) in [5.74, 6) is -1.95. The predicted octanol–water partition coefficient (Wildman–Crippen LogP) is 2.31. The zero-order valence-electron chi connectivity index (χ0n) is 11.5. The van der Waals surface area contributed by atoms with Crippen molar-refractivity contribution in [1.29, 1.82) is 0 Å². The molecule has 0 aromatic heterocycles. The molecule has 1 N–H and O–H groups in total. The Bertz CT molecular complexity index is 577. The third-order valence-electron chi connectivity index (χ3n) is 2.57. The van der Waals surface area contributed by atoms with Crippen molar-refractivity contribution in [1.82, 2.24) is 0 Å². The normalized spacial score (nSPS) is 10.6. The summed E-state index contributed by atoms with van der Waals surface area (Å²) in [7, 11) is 0. The van der Waals surface area contributed by atoms with E-state index in [0.717, 1.165) is 6.08 Å². The highest BCUT2D eigenvalue weighted by Crippen LogP contribution is 2.16. The maximum Gasteiger partial charge on any atom is 0.338 e. The molecule has 0 saturated heterocycles. The van der Waals surface area contributed by atoms with Gasteiger partial charge in [0.15, 0.2) is 5.78 Å². The summed E-state index contributed by atoms with van der Waals surface area (Å²) in [5, 5.41) is 8.65. The Kier molecular flexibility index (Phi) is 6.62. The molecule has 0 amide bonds. The molecule has 6 heteroatoms. The predicted molar refractivity (Wildman–Crippen MR) is 78.5 cm³/mol. The van der Waals surface area contributed by atoms with Crippen LogP contribution >= 0.6 is 11.6 Å². The molecule has 1 aromatic carbocycles. The lowest BCUT2D eigenvalue weighted by Crippen LogP contribution is -2.09. The van der Waals surface area contributed by atoms with Crippen molar-refractivity contribution in [3.8, 4) is 0 Å². The van der Waals surface area contributed by atoms with E-state index in [1.807, 2.05) is 0 Å². The number of ketones is 1. The molecule has 5 nitrogen and oxygen atoms in total. The maximum atomic E-state index is 11.9. The van der Waals surface area contributed by atoms with Crippen molar-refractivity contribution in [3.05, 3.63) is 41.0 Å². The quantitative estimate of drug-likeness (QED) is 0.475. The summed E-state index contributed by atoms with van der Waals surface area (Å²) in [4.78, 5) is 33.8. The Labute approximate surface area is 127 Å². The summed E-state index contributed by atoms with van der Waals surface area (Å²) < 4.78 is 4.93. The van der Waals surface area contributed by atoms with Gasteiger partial charge in [0.1, 0.15) is 0 Å². The average molecular weight is 311 g/mol. The van der Waals surface area contributed by atoms with Crippen molar-refractivity contribution in [2.45, 2.75) is 13.3 Å². The largest absolute Gasteiger partial charge is 0.478 e.